The van der Waals surface area contributed by atoms with Gasteiger partial charge in [-0.1, -0.05) is 85.7 Å². The standard InChI is InChI=1S/C31H51Br2ClO2/c1-19(2)8-7-9-20(3)24-10-11-25-23-17-27(32)31(33)18-22(36-28(35)16-21(4)34)12-15-30(31,6)26(23)13-14-29(24,25)5/h19-27H,7-18H2,1-6H3/t20-,21+,22+,23-,24+,25-,26-,27+,29-,30-,31+/m1/s1. The van der Waals surface area contributed by atoms with Gasteiger partial charge in [-0.3, -0.25) is 4.79 Å². The van der Waals surface area contributed by atoms with Crippen molar-refractivity contribution in [1.29, 1.82) is 0 Å². The van der Waals surface area contributed by atoms with Crippen LogP contribution in [0, 0.1) is 46.3 Å². The van der Waals surface area contributed by atoms with E-state index in [0.29, 0.717) is 16.7 Å². The largest absolute Gasteiger partial charge is 0.462 e. The predicted octanol–water partition coefficient (Wildman–Crippen LogP) is 9.93. The molecule has 0 aromatic carbocycles. The summed E-state index contributed by atoms with van der Waals surface area (Å²) in [5, 5.41) is -0.173. The van der Waals surface area contributed by atoms with Crippen molar-refractivity contribution in [2.24, 2.45) is 46.3 Å². The topological polar surface area (TPSA) is 26.3 Å². The van der Waals surface area contributed by atoms with E-state index >= 15 is 0 Å². The van der Waals surface area contributed by atoms with Gasteiger partial charge in [0.1, 0.15) is 6.10 Å². The third-order valence-electron chi connectivity index (χ3n) is 11.6. The van der Waals surface area contributed by atoms with Crippen molar-refractivity contribution < 1.29 is 9.53 Å². The zero-order valence-electron chi connectivity index (χ0n) is 23.6. The molecule has 0 spiro atoms. The molecule has 4 saturated carbocycles. The lowest BCUT2D eigenvalue weighted by atomic mass is 9.44. The average molecular weight is 651 g/mol. The number of alkyl halides is 3. The molecule has 0 unspecified atom stereocenters. The second-order valence-corrected chi connectivity index (χ2v) is 17.5. The fourth-order valence-electron chi connectivity index (χ4n) is 9.74. The molecule has 0 bridgehead atoms. The molecule has 11 atom stereocenters. The third-order valence-corrected chi connectivity index (χ3v) is 15.3. The number of carbonyl (C=O) groups excluding carboxylic acids is 1. The molecule has 0 saturated heterocycles. The van der Waals surface area contributed by atoms with E-state index in [0.717, 1.165) is 54.8 Å². The van der Waals surface area contributed by atoms with E-state index in [1.54, 1.807) is 0 Å². The first-order valence-corrected chi connectivity index (χ1v) is 17.1. The molecule has 0 amide bonds. The van der Waals surface area contributed by atoms with Crippen molar-refractivity contribution >= 4 is 49.4 Å². The highest BCUT2D eigenvalue weighted by molar-refractivity contribution is 9.12. The van der Waals surface area contributed by atoms with E-state index in [9.17, 15) is 4.79 Å². The van der Waals surface area contributed by atoms with E-state index < -0.39 is 0 Å². The monoisotopic (exact) mass is 648 g/mol. The zero-order valence-corrected chi connectivity index (χ0v) is 27.6. The fourth-order valence-corrected chi connectivity index (χ4v) is 12.0. The molecule has 4 aliphatic rings. The van der Waals surface area contributed by atoms with Gasteiger partial charge in [-0.15, -0.1) is 11.6 Å². The highest BCUT2D eigenvalue weighted by Gasteiger charge is 2.67. The summed E-state index contributed by atoms with van der Waals surface area (Å²) in [6.07, 6.45) is 14.4. The predicted molar refractivity (Wildman–Crippen MR) is 159 cm³/mol. The van der Waals surface area contributed by atoms with Crippen molar-refractivity contribution in [3.8, 4) is 0 Å². The lowest BCUT2D eigenvalue weighted by Crippen LogP contribution is -2.64. The Morgan fingerprint density at radius 3 is 2.42 bits per heavy atom. The number of ether oxygens (including phenoxy) is 1. The minimum atomic E-state index is -0.173. The number of carbonyl (C=O) groups is 1. The van der Waals surface area contributed by atoms with Crippen molar-refractivity contribution in [3.63, 3.8) is 0 Å². The van der Waals surface area contributed by atoms with Gasteiger partial charge in [-0.25, -0.2) is 0 Å². The molecule has 4 fully saturated rings. The van der Waals surface area contributed by atoms with Crippen LogP contribution in [0.15, 0.2) is 0 Å². The Bertz CT molecular complexity index is 789. The summed E-state index contributed by atoms with van der Waals surface area (Å²) in [6, 6.07) is 0. The maximum absolute atomic E-state index is 12.4. The van der Waals surface area contributed by atoms with Crippen LogP contribution in [0.25, 0.3) is 0 Å². The molecule has 4 aliphatic carbocycles. The number of fused-ring (bicyclic) bond motifs is 5. The van der Waals surface area contributed by atoms with Crippen LogP contribution in [0.1, 0.15) is 119 Å². The van der Waals surface area contributed by atoms with Gasteiger partial charge >= 0.3 is 5.97 Å². The van der Waals surface area contributed by atoms with Crippen LogP contribution in [0.5, 0.6) is 0 Å². The second kappa shape index (κ2) is 11.3. The van der Waals surface area contributed by atoms with Crippen LogP contribution >= 0.6 is 43.5 Å². The van der Waals surface area contributed by atoms with Crippen LogP contribution in [0.2, 0.25) is 0 Å². The number of rotatable bonds is 8. The number of hydrogen-bond acceptors (Lipinski definition) is 2. The highest BCUT2D eigenvalue weighted by atomic mass is 79.9. The number of esters is 1. The molecule has 0 radical (unpaired) electrons. The first kappa shape index (κ1) is 29.7. The molecular formula is C31H51Br2ClO2. The van der Waals surface area contributed by atoms with Gasteiger partial charge in [0, 0.05) is 20.9 Å². The number of hydrogen-bond donors (Lipinski definition) is 0. The van der Waals surface area contributed by atoms with Crippen LogP contribution in [0.3, 0.4) is 0 Å². The SMILES string of the molecule is CC(C)CCC[C@@H](C)[C@@H]1CC[C@@H]2[C@H]3C[C@H](Br)[C@@]4(Br)C[C@@H](OC(=O)C[C@H](C)Cl)CC[C@]4(C)[C@@H]3CC[C@@]21C. The summed E-state index contributed by atoms with van der Waals surface area (Å²) in [7, 11) is 0. The van der Waals surface area contributed by atoms with E-state index in [2.05, 4.69) is 66.5 Å². The quantitative estimate of drug-likeness (QED) is 0.193. The lowest BCUT2D eigenvalue weighted by molar-refractivity contribution is -0.158. The van der Waals surface area contributed by atoms with Gasteiger partial charge in [-0.2, -0.15) is 0 Å². The lowest BCUT2D eigenvalue weighted by Gasteiger charge is -2.66. The molecule has 0 aliphatic heterocycles. The summed E-state index contributed by atoms with van der Waals surface area (Å²) in [5.41, 5.74) is 0.744. The van der Waals surface area contributed by atoms with Gasteiger partial charge in [-0.05, 0) is 98.2 Å². The zero-order chi connectivity index (χ0) is 26.5. The first-order chi connectivity index (χ1) is 16.8. The minimum absolute atomic E-state index is 0.00614. The Hall–Kier alpha value is 0.720. The Kier molecular flexibility index (Phi) is 9.32. The van der Waals surface area contributed by atoms with Gasteiger partial charge < -0.3 is 4.74 Å². The van der Waals surface area contributed by atoms with Crippen molar-refractivity contribution in [2.75, 3.05) is 0 Å². The molecule has 0 N–H and O–H groups in total. The summed E-state index contributed by atoms with van der Waals surface area (Å²) in [5.74, 6) is 4.87. The van der Waals surface area contributed by atoms with Crippen LogP contribution in [0.4, 0.5) is 0 Å². The molecule has 0 aromatic heterocycles. The third kappa shape index (κ3) is 5.37. The van der Waals surface area contributed by atoms with Crippen LogP contribution in [-0.4, -0.2) is 26.6 Å². The second-order valence-electron chi connectivity index (χ2n) is 14.2. The Morgan fingerprint density at radius 2 is 1.75 bits per heavy atom. The summed E-state index contributed by atoms with van der Waals surface area (Å²) < 4.78 is 5.92. The highest BCUT2D eigenvalue weighted by Crippen LogP contribution is 2.71. The average Bonchev–Trinajstić information content (AvgIpc) is 3.12. The molecule has 4 rings (SSSR count). The van der Waals surface area contributed by atoms with Crippen molar-refractivity contribution in [1.82, 2.24) is 0 Å². The maximum atomic E-state index is 12.4. The van der Waals surface area contributed by atoms with Crippen molar-refractivity contribution in [2.45, 2.75) is 139 Å². The summed E-state index contributed by atoms with van der Waals surface area (Å²) >= 11 is 14.6. The van der Waals surface area contributed by atoms with Gasteiger partial charge in [0.2, 0.25) is 0 Å². The van der Waals surface area contributed by atoms with Gasteiger partial charge in [0.05, 0.1) is 6.42 Å². The summed E-state index contributed by atoms with van der Waals surface area (Å²) in [4.78, 5) is 12.8. The van der Waals surface area contributed by atoms with E-state index in [4.69, 9.17) is 16.3 Å². The summed E-state index contributed by atoms with van der Waals surface area (Å²) in [6.45, 7) is 14.4. The maximum Gasteiger partial charge on any atom is 0.307 e. The van der Waals surface area contributed by atoms with E-state index in [1.165, 1.54) is 51.4 Å². The Morgan fingerprint density at radius 1 is 1.03 bits per heavy atom. The molecule has 208 valence electrons. The molecule has 5 heteroatoms. The Balaban J connectivity index is 1.47. The first-order valence-electron chi connectivity index (χ1n) is 15.0. The van der Waals surface area contributed by atoms with Gasteiger partial charge in [0.15, 0.2) is 0 Å². The molecule has 0 aromatic rings. The van der Waals surface area contributed by atoms with Crippen molar-refractivity contribution in [3.05, 3.63) is 0 Å². The molecule has 36 heavy (non-hydrogen) atoms. The van der Waals surface area contributed by atoms with Gasteiger partial charge in [0.25, 0.3) is 0 Å². The number of halogens is 3. The fraction of sp³-hybridized carbons (Fsp3) is 0.968. The molecule has 0 heterocycles. The smallest absolute Gasteiger partial charge is 0.307 e. The molecular weight excluding hydrogens is 600 g/mol. The van der Waals surface area contributed by atoms with Crippen LogP contribution < -0.4 is 0 Å². The molecule has 2 nitrogen and oxygen atoms in total. The van der Waals surface area contributed by atoms with E-state index in [1.807, 2.05) is 6.92 Å². The normalized spacial score (nSPS) is 45.9. The minimum Gasteiger partial charge on any atom is -0.462 e. The van der Waals surface area contributed by atoms with Crippen LogP contribution in [-0.2, 0) is 9.53 Å². The van der Waals surface area contributed by atoms with E-state index in [-0.39, 0.29) is 27.2 Å². The Labute approximate surface area is 243 Å².